The van der Waals surface area contributed by atoms with Gasteiger partial charge in [0.1, 0.15) is 0 Å². The molecule has 1 aromatic carbocycles. The SMILES string of the molecule is CC[C@@H](C)n1nc(C2CC2)c2cc(SC)ccc21. The Labute approximate surface area is 113 Å². The fourth-order valence-corrected chi connectivity index (χ4v) is 2.88. The van der Waals surface area contributed by atoms with Crippen LogP contribution in [0.2, 0.25) is 0 Å². The Kier molecular flexibility index (Phi) is 3.10. The highest BCUT2D eigenvalue weighted by Crippen LogP contribution is 2.43. The molecule has 2 nitrogen and oxygen atoms in total. The minimum Gasteiger partial charge on any atom is -0.262 e. The number of hydrogen-bond donors (Lipinski definition) is 0. The first-order chi connectivity index (χ1) is 8.74. The molecule has 0 unspecified atom stereocenters. The molecule has 0 spiro atoms. The zero-order chi connectivity index (χ0) is 12.7. The summed E-state index contributed by atoms with van der Waals surface area (Å²) in [7, 11) is 0. The van der Waals surface area contributed by atoms with E-state index in [1.807, 2.05) is 11.8 Å². The Balaban J connectivity index is 2.19. The summed E-state index contributed by atoms with van der Waals surface area (Å²) in [6, 6.07) is 7.26. The van der Waals surface area contributed by atoms with E-state index in [1.54, 1.807) is 0 Å². The first-order valence-corrected chi connectivity index (χ1v) is 8.03. The molecule has 1 atom stereocenters. The molecule has 0 bridgehead atoms. The van der Waals surface area contributed by atoms with Crippen molar-refractivity contribution < 1.29 is 0 Å². The van der Waals surface area contributed by atoms with Crippen molar-refractivity contribution >= 4 is 22.7 Å². The minimum absolute atomic E-state index is 0.486. The van der Waals surface area contributed by atoms with Gasteiger partial charge < -0.3 is 0 Å². The van der Waals surface area contributed by atoms with Crippen molar-refractivity contribution in [3.63, 3.8) is 0 Å². The molecule has 0 saturated heterocycles. The molecule has 1 saturated carbocycles. The van der Waals surface area contributed by atoms with Gasteiger partial charge in [0.15, 0.2) is 0 Å². The highest BCUT2D eigenvalue weighted by Gasteiger charge is 2.29. The van der Waals surface area contributed by atoms with Gasteiger partial charge in [0.05, 0.1) is 11.2 Å². The van der Waals surface area contributed by atoms with E-state index < -0.39 is 0 Å². The van der Waals surface area contributed by atoms with Crippen molar-refractivity contribution in [2.45, 2.75) is 50.0 Å². The Hall–Kier alpha value is -0.960. The summed E-state index contributed by atoms with van der Waals surface area (Å²) in [5.74, 6) is 0.718. The highest BCUT2D eigenvalue weighted by molar-refractivity contribution is 7.98. The largest absolute Gasteiger partial charge is 0.262 e. The maximum absolute atomic E-state index is 4.90. The van der Waals surface area contributed by atoms with Gasteiger partial charge >= 0.3 is 0 Å². The topological polar surface area (TPSA) is 17.8 Å². The lowest BCUT2D eigenvalue weighted by atomic mass is 10.1. The second-order valence-corrected chi connectivity index (χ2v) is 6.12. The lowest BCUT2D eigenvalue weighted by molar-refractivity contribution is 0.488. The predicted molar refractivity (Wildman–Crippen MR) is 78.5 cm³/mol. The van der Waals surface area contributed by atoms with Crippen LogP contribution in [-0.4, -0.2) is 16.0 Å². The second-order valence-electron chi connectivity index (χ2n) is 5.24. The monoisotopic (exact) mass is 260 g/mol. The van der Waals surface area contributed by atoms with Gasteiger partial charge in [-0.15, -0.1) is 11.8 Å². The molecule has 0 N–H and O–H groups in total. The molecular formula is C15H20N2S. The Morgan fingerprint density at radius 2 is 2.22 bits per heavy atom. The van der Waals surface area contributed by atoms with Crippen LogP contribution in [-0.2, 0) is 0 Å². The fraction of sp³-hybridized carbons (Fsp3) is 0.533. The van der Waals surface area contributed by atoms with Crippen molar-refractivity contribution in [2.75, 3.05) is 6.26 Å². The molecule has 3 heteroatoms. The summed E-state index contributed by atoms with van der Waals surface area (Å²) >= 11 is 1.81. The van der Waals surface area contributed by atoms with Crippen molar-refractivity contribution in [2.24, 2.45) is 0 Å². The maximum atomic E-state index is 4.90. The van der Waals surface area contributed by atoms with Gasteiger partial charge in [0.2, 0.25) is 0 Å². The van der Waals surface area contributed by atoms with Gasteiger partial charge in [-0.1, -0.05) is 6.92 Å². The third-order valence-electron chi connectivity index (χ3n) is 3.91. The van der Waals surface area contributed by atoms with Gasteiger partial charge in [-0.25, -0.2) is 0 Å². The van der Waals surface area contributed by atoms with E-state index in [0.717, 1.165) is 12.3 Å². The number of thioether (sulfide) groups is 1. The average Bonchev–Trinajstić information content (AvgIpc) is 3.18. The number of nitrogens with zero attached hydrogens (tertiary/aromatic N) is 2. The van der Waals surface area contributed by atoms with Crippen molar-refractivity contribution in [1.82, 2.24) is 9.78 Å². The molecule has 0 radical (unpaired) electrons. The molecule has 1 heterocycles. The first kappa shape index (κ1) is 12.1. The number of rotatable bonds is 4. The number of aromatic nitrogens is 2. The summed E-state index contributed by atoms with van der Waals surface area (Å²) in [6.07, 6.45) is 5.90. The lowest BCUT2D eigenvalue weighted by Gasteiger charge is -2.10. The van der Waals surface area contributed by atoms with E-state index in [0.29, 0.717) is 6.04 Å². The molecule has 0 aliphatic heterocycles. The van der Waals surface area contributed by atoms with Gasteiger partial charge in [0, 0.05) is 22.2 Å². The molecule has 1 aliphatic carbocycles. The van der Waals surface area contributed by atoms with Crippen LogP contribution in [0.15, 0.2) is 23.1 Å². The summed E-state index contributed by atoms with van der Waals surface area (Å²) in [5.41, 5.74) is 2.64. The number of fused-ring (bicyclic) bond motifs is 1. The van der Waals surface area contributed by atoms with Crippen molar-refractivity contribution in [1.29, 1.82) is 0 Å². The molecule has 3 rings (SSSR count). The summed E-state index contributed by atoms with van der Waals surface area (Å²) < 4.78 is 2.23. The van der Waals surface area contributed by atoms with Gasteiger partial charge in [-0.05, 0) is 50.6 Å². The van der Waals surface area contributed by atoms with Gasteiger partial charge in [0.25, 0.3) is 0 Å². The minimum atomic E-state index is 0.486. The Morgan fingerprint density at radius 3 is 2.83 bits per heavy atom. The molecular weight excluding hydrogens is 240 g/mol. The fourth-order valence-electron chi connectivity index (χ4n) is 2.44. The van der Waals surface area contributed by atoms with Crippen LogP contribution >= 0.6 is 11.8 Å². The highest BCUT2D eigenvalue weighted by atomic mass is 32.2. The predicted octanol–water partition coefficient (Wildman–Crippen LogP) is 4.61. The first-order valence-electron chi connectivity index (χ1n) is 6.80. The smallest absolute Gasteiger partial charge is 0.0734 e. The Bertz CT molecular complexity index is 569. The van der Waals surface area contributed by atoms with E-state index in [-0.39, 0.29) is 0 Å². The van der Waals surface area contributed by atoms with Gasteiger partial charge in [-0.3, -0.25) is 4.68 Å². The summed E-state index contributed by atoms with van der Waals surface area (Å²) in [5, 5.41) is 6.28. The van der Waals surface area contributed by atoms with Crippen LogP contribution in [0.25, 0.3) is 10.9 Å². The van der Waals surface area contributed by atoms with Crippen LogP contribution in [0.4, 0.5) is 0 Å². The van der Waals surface area contributed by atoms with E-state index in [9.17, 15) is 0 Å². The molecule has 18 heavy (non-hydrogen) atoms. The molecule has 2 aromatic rings. The zero-order valence-corrected chi connectivity index (χ0v) is 12.1. The standard InChI is InChI=1S/C15H20N2S/c1-4-10(2)17-14-8-7-12(18-3)9-13(14)15(16-17)11-5-6-11/h7-11H,4-6H2,1-3H3/t10-/m1/s1. The maximum Gasteiger partial charge on any atom is 0.0734 e. The normalized spacial score (nSPS) is 17.3. The van der Waals surface area contributed by atoms with E-state index >= 15 is 0 Å². The van der Waals surface area contributed by atoms with Crippen molar-refractivity contribution in [3.05, 3.63) is 23.9 Å². The molecule has 1 aliphatic rings. The summed E-state index contributed by atoms with van der Waals surface area (Å²) in [4.78, 5) is 1.34. The van der Waals surface area contributed by atoms with Crippen LogP contribution in [0.1, 0.15) is 50.8 Å². The molecule has 96 valence electrons. The zero-order valence-electron chi connectivity index (χ0n) is 11.3. The van der Waals surface area contributed by atoms with Crippen LogP contribution < -0.4 is 0 Å². The Morgan fingerprint density at radius 1 is 1.44 bits per heavy atom. The van der Waals surface area contributed by atoms with Crippen LogP contribution in [0.3, 0.4) is 0 Å². The number of benzene rings is 1. The molecule has 1 aromatic heterocycles. The number of hydrogen-bond acceptors (Lipinski definition) is 2. The van der Waals surface area contributed by atoms with E-state index in [2.05, 4.69) is 43.0 Å². The average molecular weight is 260 g/mol. The van der Waals surface area contributed by atoms with Crippen LogP contribution in [0.5, 0.6) is 0 Å². The van der Waals surface area contributed by atoms with E-state index in [4.69, 9.17) is 5.10 Å². The van der Waals surface area contributed by atoms with Crippen molar-refractivity contribution in [3.8, 4) is 0 Å². The van der Waals surface area contributed by atoms with Crippen LogP contribution in [0, 0.1) is 0 Å². The van der Waals surface area contributed by atoms with E-state index in [1.165, 1.54) is 34.3 Å². The third-order valence-corrected chi connectivity index (χ3v) is 4.64. The second kappa shape index (κ2) is 4.61. The molecule has 0 amide bonds. The molecule has 1 fully saturated rings. The summed E-state index contributed by atoms with van der Waals surface area (Å²) in [6.45, 7) is 4.48. The van der Waals surface area contributed by atoms with Gasteiger partial charge in [-0.2, -0.15) is 5.10 Å². The third kappa shape index (κ3) is 1.95. The lowest BCUT2D eigenvalue weighted by Crippen LogP contribution is -2.05. The quantitative estimate of drug-likeness (QED) is 0.747.